The van der Waals surface area contributed by atoms with Crippen molar-refractivity contribution < 1.29 is 14.3 Å². The molecular weight excluding hydrogens is 342 g/mol. The Morgan fingerprint density at radius 3 is 2.78 bits per heavy atom. The first-order valence-corrected chi connectivity index (χ1v) is 9.60. The van der Waals surface area contributed by atoms with Crippen LogP contribution in [0.15, 0.2) is 29.5 Å². The van der Waals surface area contributed by atoms with E-state index in [1.807, 2.05) is 32.0 Å². The van der Waals surface area contributed by atoms with Crippen LogP contribution in [0.1, 0.15) is 48.9 Å². The van der Waals surface area contributed by atoms with Crippen molar-refractivity contribution >= 4 is 12.0 Å². The maximum atomic E-state index is 12.7. The van der Waals surface area contributed by atoms with Crippen molar-refractivity contribution in [2.24, 2.45) is 0 Å². The van der Waals surface area contributed by atoms with Gasteiger partial charge in [0.1, 0.15) is 0 Å². The normalized spacial score (nSPS) is 23.6. The average Bonchev–Trinajstić information content (AvgIpc) is 2.64. The van der Waals surface area contributed by atoms with Crippen LogP contribution < -0.4 is 10.6 Å². The molecule has 2 N–H and O–H groups in total. The maximum absolute atomic E-state index is 12.7. The molecule has 1 saturated heterocycles. The van der Waals surface area contributed by atoms with E-state index >= 15 is 0 Å². The number of nitrogens with zero attached hydrogens (tertiary/aromatic N) is 1. The number of hydrogen-bond donors (Lipinski definition) is 2. The molecule has 146 valence electrons. The zero-order chi connectivity index (χ0) is 19.6. The smallest absolute Gasteiger partial charge is 0.338 e. The van der Waals surface area contributed by atoms with Gasteiger partial charge in [-0.2, -0.15) is 0 Å². The van der Waals surface area contributed by atoms with Crippen LogP contribution in [0.25, 0.3) is 0 Å². The number of methoxy groups -OCH3 is 1. The largest absolute Gasteiger partial charge is 0.466 e. The molecule has 2 atom stereocenters. The number of amides is 2. The minimum absolute atomic E-state index is 0.284. The minimum atomic E-state index is -0.513. The number of urea groups is 1. The van der Waals surface area contributed by atoms with E-state index in [2.05, 4.69) is 22.5 Å². The van der Waals surface area contributed by atoms with Crippen molar-refractivity contribution in [3.63, 3.8) is 0 Å². The van der Waals surface area contributed by atoms with E-state index in [0.717, 1.165) is 36.1 Å². The third-order valence-electron chi connectivity index (χ3n) is 5.61. The Morgan fingerprint density at radius 1 is 1.30 bits per heavy atom. The molecule has 1 aromatic rings. The highest BCUT2D eigenvalue weighted by Crippen LogP contribution is 2.31. The molecule has 3 rings (SSSR count). The van der Waals surface area contributed by atoms with Crippen LogP contribution in [-0.2, 0) is 9.53 Å². The minimum Gasteiger partial charge on any atom is -0.466 e. The predicted molar refractivity (Wildman–Crippen MR) is 104 cm³/mol. The number of nitrogens with one attached hydrogen (secondary N) is 2. The lowest BCUT2D eigenvalue weighted by Crippen LogP contribution is -2.50. The average molecular weight is 371 g/mol. The third kappa shape index (κ3) is 4.16. The zero-order valence-electron chi connectivity index (χ0n) is 16.6. The lowest BCUT2D eigenvalue weighted by atomic mass is 9.90. The fourth-order valence-electron chi connectivity index (χ4n) is 3.99. The van der Waals surface area contributed by atoms with Gasteiger partial charge in [-0.15, -0.1) is 0 Å². The quantitative estimate of drug-likeness (QED) is 0.799. The molecular formula is C21H29N3O3. The van der Waals surface area contributed by atoms with Gasteiger partial charge in [0, 0.05) is 18.3 Å². The van der Waals surface area contributed by atoms with Crippen molar-refractivity contribution in [2.75, 3.05) is 20.2 Å². The van der Waals surface area contributed by atoms with Crippen molar-refractivity contribution in [3.05, 3.63) is 46.2 Å². The van der Waals surface area contributed by atoms with Gasteiger partial charge in [-0.25, -0.2) is 9.59 Å². The fraction of sp³-hybridized carbons (Fsp3) is 0.524. The number of esters is 1. The molecule has 1 fully saturated rings. The Hall–Kier alpha value is -2.34. The highest BCUT2D eigenvalue weighted by molar-refractivity contribution is 5.95. The van der Waals surface area contributed by atoms with Gasteiger partial charge in [-0.05, 0) is 51.3 Å². The summed E-state index contributed by atoms with van der Waals surface area (Å²) in [7, 11) is 1.38. The van der Waals surface area contributed by atoms with Gasteiger partial charge >= 0.3 is 12.0 Å². The highest BCUT2D eigenvalue weighted by atomic mass is 16.5. The Morgan fingerprint density at radius 2 is 2.07 bits per heavy atom. The van der Waals surface area contributed by atoms with Crippen LogP contribution in [0.3, 0.4) is 0 Å². The molecule has 2 aliphatic heterocycles. The summed E-state index contributed by atoms with van der Waals surface area (Å²) in [5.74, 6) is -0.409. The lowest BCUT2D eigenvalue weighted by molar-refractivity contribution is -0.136. The van der Waals surface area contributed by atoms with Crippen LogP contribution in [0.2, 0.25) is 0 Å². The molecule has 0 aromatic heterocycles. The van der Waals surface area contributed by atoms with Crippen LogP contribution in [0.5, 0.6) is 0 Å². The molecule has 6 heteroatoms. The Labute approximate surface area is 161 Å². The second kappa shape index (κ2) is 8.13. The molecule has 0 aliphatic carbocycles. The van der Waals surface area contributed by atoms with Gasteiger partial charge in [-0.1, -0.05) is 30.2 Å². The molecule has 0 saturated carbocycles. The fourth-order valence-corrected chi connectivity index (χ4v) is 3.99. The second-order valence-corrected chi connectivity index (χ2v) is 7.59. The number of carbonyl (C=O) groups excluding carboxylic acids is 2. The first-order chi connectivity index (χ1) is 12.9. The Kier molecular flexibility index (Phi) is 5.85. The van der Waals surface area contributed by atoms with Crippen LogP contribution in [-0.4, -0.2) is 43.1 Å². The summed E-state index contributed by atoms with van der Waals surface area (Å²) >= 11 is 0. The molecule has 2 amide bonds. The van der Waals surface area contributed by atoms with Gasteiger partial charge in [0.2, 0.25) is 0 Å². The predicted octanol–water partition coefficient (Wildman–Crippen LogP) is 2.96. The van der Waals surface area contributed by atoms with E-state index in [-0.39, 0.29) is 6.03 Å². The number of piperidine rings is 1. The van der Waals surface area contributed by atoms with Gasteiger partial charge in [0.25, 0.3) is 0 Å². The monoisotopic (exact) mass is 371 g/mol. The van der Waals surface area contributed by atoms with E-state index in [1.165, 1.54) is 13.5 Å². The highest BCUT2D eigenvalue weighted by Gasteiger charge is 2.35. The van der Waals surface area contributed by atoms with Crippen molar-refractivity contribution in [1.82, 2.24) is 15.5 Å². The lowest BCUT2D eigenvalue weighted by Gasteiger charge is -2.37. The zero-order valence-corrected chi connectivity index (χ0v) is 16.6. The van der Waals surface area contributed by atoms with Gasteiger partial charge in [0.05, 0.1) is 18.7 Å². The topological polar surface area (TPSA) is 70.7 Å². The summed E-state index contributed by atoms with van der Waals surface area (Å²) in [5.41, 5.74) is 4.17. The molecule has 1 aromatic carbocycles. The number of aryl methyl sites for hydroxylation is 2. The molecule has 6 nitrogen and oxygen atoms in total. The van der Waals surface area contributed by atoms with Crippen molar-refractivity contribution in [2.45, 2.75) is 52.1 Å². The summed E-state index contributed by atoms with van der Waals surface area (Å²) in [5, 5.41) is 5.79. The van der Waals surface area contributed by atoms with Crippen LogP contribution >= 0.6 is 0 Å². The summed E-state index contributed by atoms with van der Waals surface area (Å²) in [6.07, 6.45) is 3.49. The van der Waals surface area contributed by atoms with Crippen molar-refractivity contribution in [3.8, 4) is 0 Å². The van der Waals surface area contributed by atoms with Crippen molar-refractivity contribution in [1.29, 1.82) is 0 Å². The molecule has 2 aliphatic rings. The number of rotatable bonds is 4. The third-order valence-corrected chi connectivity index (χ3v) is 5.61. The molecule has 27 heavy (non-hydrogen) atoms. The summed E-state index contributed by atoms with van der Waals surface area (Å²) < 4.78 is 5.09. The number of benzene rings is 1. The second-order valence-electron chi connectivity index (χ2n) is 7.59. The standard InChI is InChI=1S/C21H29N3O3/c1-13-8-9-14(2)16(11-13)19-18(20(25)27-4)17(22-21(26)23-19)12-24-10-6-5-7-15(24)3/h8-9,11,15,19H,5-7,10,12H2,1-4H3,(H2,22,23,26)/t15-,19-/m1/s1. The molecule has 0 bridgehead atoms. The Balaban J connectivity index is 2.04. The molecule has 0 spiro atoms. The number of likely N-dealkylation sites (tertiary alicyclic amines) is 1. The molecule has 0 unspecified atom stereocenters. The van der Waals surface area contributed by atoms with E-state index < -0.39 is 12.0 Å². The SMILES string of the molecule is COC(=O)C1=C(CN2CCCC[C@H]2C)NC(=O)N[C@@H]1c1cc(C)ccc1C. The number of ether oxygens (including phenoxy) is 1. The first-order valence-electron chi connectivity index (χ1n) is 9.60. The van der Waals surface area contributed by atoms with E-state index in [9.17, 15) is 9.59 Å². The van der Waals surface area contributed by atoms with E-state index in [0.29, 0.717) is 23.9 Å². The number of hydrogen-bond acceptors (Lipinski definition) is 4. The molecule has 2 heterocycles. The van der Waals surface area contributed by atoms with E-state index in [1.54, 1.807) is 0 Å². The van der Waals surface area contributed by atoms with Gasteiger partial charge < -0.3 is 15.4 Å². The van der Waals surface area contributed by atoms with Gasteiger partial charge in [-0.3, -0.25) is 4.90 Å². The summed E-state index contributed by atoms with van der Waals surface area (Å²) in [6, 6.07) is 5.69. The number of carbonyl (C=O) groups is 2. The summed E-state index contributed by atoms with van der Waals surface area (Å²) in [6.45, 7) is 7.70. The maximum Gasteiger partial charge on any atom is 0.338 e. The van der Waals surface area contributed by atoms with Crippen LogP contribution in [0, 0.1) is 13.8 Å². The van der Waals surface area contributed by atoms with E-state index in [4.69, 9.17) is 4.74 Å². The molecule has 0 radical (unpaired) electrons. The first kappa shape index (κ1) is 19.4. The summed E-state index contributed by atoms with van der Waals surface area (Å²) in [4.78, 5) is 27.4. The van der Waals surface area contributed by atoms with Crippen LogP contribution in [0.4, 0.5) is 4.79 Å². The Bertz CT molecular complexity index is 772. The van der Waals surface area contributed by atoms with Gasteiger partial charge in [0.15, 0.2) is 0 Å².